The van der Waals surface area contributed by atoms with Gasteiger partial charge in [-0.15, -0.1) is 12.4 Å². The highest BCUT2D eigenvalue weighted by molar-refractivity contribution is 7.89. The summed E-state index contributed by atoms with van der Waals surface area (Å²) in [5.41, 5.74) is 5.44. The number of nitrogens with zero attached hydrogens (tertiary/aromatic N) is 1. The van der Waals surface area contributed by atoms with Crippen molar-refractivity contribution >= 4 is 22.4 Å². The Labute approximate surface area is 120 Å². The standard InChI is InChI=1S/C11H21N3O3S.ClH/c1-5-11(6-2,7-12)14-18(15,16)10-8(3)13-17-9(10)4;/h14H,5-7,12H2,1-4H3;1H. The predicted octanol–water partition coefficient (Wildman–Crippen LogP) is 1.51. The third-order valence-electron chi connectivity index (χ3n) is 3.33. The summed E-state index contributed by atoms with van der Waals surface area (Å²) in [7, 11) is -3.66. The lowest BCUT2D eigenvalue weighted by atomic mass is 9.95. The normalized spacial score (nSPS) is 12.3. The molecule has 0 saturated carbocycles. The maximum absolute atomic E-state index is 12.4. The average molecular weight is 312 g/mol. The smallest absolute Gasteiger partial charge is 0.246 e. The highest BCUT2D eigenvalue weighted by Crippen LogP contribution is 2.23. The number of aromatic nitrogens is 1. The van der Waals surface area contributed by atoms with Gasteiger partial charge in [0.1, 0.15) is 10.6 Å². The fourth-order valence-corrected chi connectivity index (χ4v) is 3.81. The quantitative estimate of drug-likeness (QED) is 0.829. The van der Waals surface area contributed by atoms with E-state index >= 15 is 0 Å². The molecule has 3 N–H and O–H groups in total. The van der Waals surface area contributed by atoms with Gasteiger partial charge < -0.3 is 10.3 Å². The van der Waals surface area contributed by atoms with E-state index in [1.165, 1.54) is 0 Å². The van der Waals surface area contributed by atoms with Gasteiger partial charge in [0.15, 0.2) is 5.76 Å². The molecule has 0 bridgehead atoms. The zero-order valence-electron chi connectivity index (χ0n) is 11.7. The lowest BCUT2D eigenvalue weighted by Gasteiger charge is -2.30. The maximum atomic E-state index is 12.4. The maximum Gasteiger partial charge on any atom is 0.246 e. The fourth-order valence-electron chi connectivity index (χ4n) is 1.92. The Morgan fingerprint density at radius 3 is 2.16 bits per heavy atom. The molecule has 1 aromatic heterocycles. The molecule has 1 aromatic rings. The summed E-state index contributed by atoms with van der Waals surface area (Å²) in [6, 6.07) is 0. The van der Waals surface area contributed by atoms with Crippen molar-refractivity contribution in [1.29, 1.82) is 0 Å². The summed E-state index contributed by atoms with van der Waals surface area (Å²) in [6.07, 6.45) is 1.26. The van der Waals surface area contributed by atoms with Crippen molar-refractivity contribution in [3.63, 3.8) is 0 Å². The molecule has 1 rings (SSSR count). The molecule has 0 aliphatic heterocycles. The predicted molar refractivity (Wildman–Crippen MR) is 75.9 cm³/mol. The summed E-state index contributed by atoms with van der Waals surface area (Å²) in [6.45, 7) is 7.25. The summed E-state index contributed by atoms with van der Waals surface area (Å²) >= 11 is 0. The minimum absolute atomic E-state index is 0. The highest BCUT2D eigenvalue weighted by atomic mass is 35.5. The van der Waals surface area contributed by atoms with Crippen LogP contribution in [0, 0.1) is 13.8 Å². The first kappa shape index (κ1) is 18.4. The second kappa shape index (κ2) is 6.69. The van der Waals surface area contributed by atoms with Gasteiger partial charge in [-0.05, 0) is 26.7 Å². The van der Waals surface area contributed by atoms with E-state index < -0.39 is 15.6 Å². The Hall–Kier alpha value is -0.630. The van der Waals surface area contributed by atoms with E-state index in [0.717, 1.165) is 0 Å². The van der Waals surface area contributed by atoms with Gasteiger partial charge in [0.05, 0.1) is 0 Å². The second-order valence-electron chi connectivity index (χ2n) is 4.45. The molecule has 112 valence electrons. The van der Waals surface area contributed by atoms with E-state index in [1.54, 1.807) is 13.8 Å². The van der Waals surface area contributed by atoms with E-state index in [0.29, 0.717) is 18.5 Å². The van der Waals surface area contributed by atoms with Crippen molar-refractivity contribution < 1.29 is 12.9 Å². The van der Waals surface area contributed by atoms with Crippen LogP contribution < -0.4 is 10.5 Å². The van der Waals surface area contributed by atoms with Crippen LogP contribution in [0.25, 0.3) is 0 Å². The van der Waals surface area contributed by atoms with Gasteiger partial charge >= 0.3 is 0 Å². The molecule has 0 aliphatic carbocycles. The minimum atomic E-state index is -3.66. The first-order chi connectivity index (χ1) is 8.32. The van der Waals surface area contributed by atoms with Crippen LogP contribution in [0.5, 0.6) is 0 Å². The Balaban J connectivity index is 0.00000324. The largest absolute Gasteiger partial charge is 0.360 e. The fraction of sp³-hybridized carbons (Fsp3) is 0.727. The van der Waals surface area contributed by atoms with Crippen molar-refractivity contribution in [3.05, 3.63) is 11.5 Å². The molecule has 0 fully saturated rings. The first-order valence-electron chi connectivity index (χ1n) is 5.99. The van der Waals surface area contributed by atoms with Gasteiger partial charge in [0.25, 0.3) is 0 Å². The van der Waals surface area contributed by atoms with Crippen molar-refractivity contribution in [1.82, 2.24) is 9.88 Å². The number of aryl methyl sites for hydroxylation is 2. The topological polar surface area (TPSA) is 98.2 Å². The molecule has 0 aliphatic rings. The van der Waals surface area contributed by atoms with Gasteiger partial charge in [-0.2, -0.15) is 0 Å². The van der Waals surface area contributed by atoms with Crippen LogP contribution in [0.2, 0.25) is 0 Å². The van der Waals surface area contributed by atoms with E-state index in [9.17, 15) is 8.42 Å². The van der Waals surface area contributed by atoms with Gasteiger partial charge in [-0.25, -0.2) is 13.1 Å². The zero-order valence-corrected chi connectivity index (χ0v) is 13.3. The summed E-state index contributed by atoms with van der Waals surface area (Å²) in [5.74, 6) is 0.290. The van der Waals surface area contributed by atoms with E-state index in [4.69, 9.17) is 10.3 Å². The number of hydrogen-bond donors (Lipinski definition) is 2. The third kappa shape index (κ3) is 3.68. The monoisotopic (exact) mass is 311 g/mol. The molecule has 0 spiro atoms. The number of nitrogens with two attached hydrogens (primary N) is 1. The van der Waals surface area contributed by atoms with Crippen LogP contribution in [0.3, 0.4) is 0 Å². The van der Waals surface area contributed by atoms with Crippen LogP contribution in [0.15, 0.2) is 9.42 Å². The van der Waals surface area contributed by atoms with E-state index in [1.807, 2.05) is 13.8 Å². The third-order valence-corrected chi connectivity index (χ3v) is 5.15. The molecule has 8 heteroatoms. The molecule has 0 aromatic carbocycles. The van der Waals surface area contributed by atoms with E-state index in [-0.39, 0.29) is 29.6 Å². The van der Waals surface area contributed by atoms with Crippen LogP contribution in [-0.4, -0.2) is 25.7 Å². The van der Waals surface area contributed by atoms with Crippen LogP contribution >= 0.6 is 12.4 Å². The lowest BCUT2D eigenvalue weighted by Crippen LogP contribution is -2.52. The molecule has 0 amide bonds. The average Bonchev–Trinajstić information content (AvgIpc) is 2.67. The van der Waals surface area contributed by atoms with Crippen molar-refractivity contribution in [2.75, 3.05) is 6.54 Å². The minimum Gasteiger partial charge on any atom is -0.360 e. The molecule has 6 nitrogen and oxygen atoms in total. The van der Waals surface area contributed by atoms with Crippen LogP contribution in [-0.2, 0) is 10.0 Å². The number of halogens is 1. The Bertz CT molecular complexity index is 481. The molecular formula is C11H22ClN3O3S. The van der Waals surface area contributed by atoms with Crippen LogP contribution in [0.1, 0.15) is 38.1 Å². The lowest BCUT2D eigenvalue weighted by molar-refractivity contribution is 0.362. The number of hydrogen-bond acceptors (Lipinski definition) is 5. The SMILES string of the molecule is CCC(CC)(CN)NS(=O)(=O)c1c(C)noc1C.Cl. The summed E-state index contributed by atoms with van der Waals surface area (Å²) in [4.78, 5) is 0.113. The van der Waals surface area contributed by atoms with Crippen LogP contribution in [0.4, 0.5) is 0 Å². The van der Waals surface area contributed by atoms with Gasteiger partial charge in [-0.3, -0.25) is 0 Å². The molecular weight excluding hydrogens is 290 g/mol. The highest BCUT2D eigenvalue weighted by Gasteiger charge is 2.33. The van der Waals surface area contributed by atoms with Gasteiger partial charge in [0.2, 0.25) is 10.0 Å². The van der Waals surface area contributed by atoms with Crippen molar-refractivity contribution in [2.24, 2.45) is 5.73 Å². The molecule has 0 atom stereocenters. The van der Waals surface area contributed by atoms with Gasteiger partial charge in [-0.1, -0.05) is 19.0 Å². The Morgan fingerprint density at radius 2 is 1.84 bits per heavy atom. The van der Waals surface area contributed by atoms with E-state index in [2.05, 4.69) is 9.88 Å². The second-order valence-corrected chi connectivity index (χ2v) is 6.07. The molecule has 0 radical (unpaired) electrons. The first-order valence-corrected chi connectivity index (χ1v) is 7.47. The van der Waals surface area contributed by atoms with Crippen molar-refractivity contribution in [2.45, 2.75) is 51.0 Å². The number of sulfonamides is 1. The molecule has 0 saturated heterocycles. The molecule has 1 heterocycles. The summed E-state index contributed by atoms with van der Waals surface area (Å²) in [5, 5.41) is 3.66. The van der Waals surface area contributed by atoms with Crippen molar-refractivity contribution in [3.8, 4) is 0 Å². The summed E-state index contributed by atoms with van der Waals surface area (Å²) < 4.78 is 32.3. The van der Waals surface area contributed by atoms with Gasteiger partial charge in [0, 0.05) is 12.1 Å². The number of nitrogens with one attached hydrogen (secondary N) is 1. The number of rotatable bonds is 6. The molecule has 19 heavy (non-hydrogen) atoms. The zero-order chi connectivity index (χ0) is 14.0. The molecule has 0 unspecified atom stereocenters. The Kier molecular flexibility index (Phi) is 6.47. The Morgan fingerprint density at radius 1 is 1.32 bits per heavy atom.